The molecule has 1 saturated carbocycles. The van der Waals surface area contributed by atoms with Crippen molar-refractivity contribution in [2.24, 2.45) is 5.92 Å². The summed E-state index contributed by atoms with van der Waals surface area (Å²) in [6.07, 6.45) is 9.37. The van der Waals surface area contributed by atoms with Gasteiger partial charge in [-0.15, -0.1) is 0 Å². The minimum absolute atomic E-state index is 0.782. The van der Waals surface area contributed by atoms with Gasteiger partial charge in [-0.05, 0) is 36.3 Å². The second kappa shape index (κ2) is 3.91. The highest BCUT2D eigenvalue weighted by molar-refractivity contribution is 5.15. The topological polar surface area (TPSA) is 12.9 Å². The number of rotatable bonds is 1. The van der Waals surface area contributed by atoms with Crippen molar-refractivity contribution in [3.05, 3.63) is 30.1 Å². The number of hydrogen-bond donors (Lipinski definition) is 0. The molecule has 70 valence electrons. The van der Waals surface area contributed by atoms with E-state index in [9.17, 15) is 0 Å². The largest absolute Gasteiger partial charge is 0.264 e. The molecule has 13 heavy (non-hydrogen) atoms. The van der Waals surface area contributed by atoms with Gasteiger partial charge in [0.2, 0.25) is 0 Å². The third kappa shape index (κ3) is 2.09. The van der Waals surface area contributed by atoms with Gasteiger partial charge in [-0.1, -0.05) is 25.8 Å². The molecule has 0 unspecified atom stereocenters. The first-order valence-electron chi connectivity index (χ1n) is 5.26. The van der Waals surface area contributed by atoms with Crippen molar-refractivity contribution in [2.45, 2.75) is 38.5 Å². The first-order valence-corrected chi connectivity index (χ1v) is 5.26. The maximum absolute atomic E-state index is 4.18. The molecule has 0 radical (unpaired) electrons. The number of nitrogens with zero attached hydrogens (tertiary/aromatic N) is 1. The van der Waals surface area contributed by atoms with E-state index in [-0.39, 0.29) is 0 Å². The maximum atomic E-state index is 4.18. The predicted octanol–water partition coefficient (Wildman–Crippen LogP) is 3.38. The molecule has 1 aliphatic carbocycles. The van der Waals surface area contributed by atoms with Crippen LogP contribution in [0.25, 0.3) is 0 Å². The summed E-state index contributed by atoms with van der Waals surface area (Å²) in [6, 6.07) is 4.26. The summed E-state index contributed by atoms with van der Waals surface area (Å²) >= 11 is 0. The van der Waals surface area contributed by atoms with Crippen LogP contribution in [0.4, 0.5) is 0 Å². The Kier molecular flexibility index (Phi) is 2.62. The highest BCUT2D eigenvalue weighted by Gasteiger charge is 2.19. The Hall–Kier alpha value is -0.850. The zero-order valence-electron chi connectivity index (χ0n) is 8.24. The van der Waals surface area contributed by atoms with Crippen molar-refractivity contribution in [1.82, 2.24) is 4.98 Å². The van der Waals surface area contributed by atoms with E-state index < -0.39 is 0 Å². The predicted molar refractivity (Wildman–Crippen MR) is 54.6 cm³/mol. The Balaban J connectivity index is 2.03. The van der Waals surface area contributed by atoms with Crippen LogP contribution in [-0.2, 0) is 0 Å². The van der Waals surface area contributed by atoms with Crippen molar-refractivity contribution in [3.63, 3.8) is 0 Å². The Labute approximate surface area is 80.2 Å². The van der Waals surface area contributed by atoms with Gasteiger partial charge >= 0.3 is 0 Å². The highest BCUT2D eigenvalue weighted by Crippen LogP contribution is 2.34. The van der Waals surface area contributed by atoms with Crippen LogP contribution in [0.2, 0.25) is 0 Å². The Morgan fingerprint density at radius 1 is 1.23 bits per heavy atom. The fourth-order valence-electron chi connectivity index (χ4n) is 2.21. The van der Waals surface area contributed by atoms with Crippen molar-refractivity contribution >= 4 is 0 Å². The van der Waals surface area contributed by atoms with Gasteiger partial charge in [0, 0.05) is 12.4 Å². The molecule has 0 aliphatic heterocycles. The van der Waals surface area contributed by atoms with E-state index in [1.807, 2.05) is 18.5 Å². The zero-order chi connectivity index (χ0) is 9.10. The molecular weight excluding hydrogens is 158 g/mol. The number of aromatic nitrogens is 1. The van der Waals surface area contributed by atoms with Crippen LogP contribution >= 0.6 is 0 Å². The molecule has 0 bridgehead atoms. The standard InChI is InChI=1S/C12H17N/c1-10-4-6-11(7-5-10)12-3-2-8-13-9-12/h2-3,8-11H,4-7H2,1H3/t10-,11+. The van der Waals surface area contributed by atoms with Crippen molar-refractivity contribution in [2.75, 3.05) is 0 Å². The smallest absolute Gasteiger partial charge is 0.0302 e. The third-order valence-electron chi connectivity index (χ3n) is 3.17. The molecule has 0 N–H and O–H groups in total. The summed E-state index contributed by atoms with van der Waals surface area (Å²) in [7, 11) is 0. The molecule has 1 aromatic rings. The second-order valence-electron chi connectivity index (χ2n) is 4.24. The Bertz CT molecular complexity index is 247. The van der Waals surface area contributed by atoms with E-state index in [0.717, 1.165) is 11.8 Å². The van der Waals surface area contributed by atoms with Crippen molar-refractivity contribution in [3.8, 4) is 0 Å². The fourth-order valence-corrected chi connectivity index (χ4v) is 2.21. The number of pyridine rings is 1. The molecule has 1 heteroatoms. The van der Waals surface area contributed by atoms with Crippen LogP contribution in [0.5, 0.6) is 0 Å². The lowest BCUT2D eigenvalue weighted by atomic mass is 9.80. The van der Waals surface area contributed by atoms with E-state index in [1.54, 1.807) is 0 Å². The van der Waals surface area contributed by atoms with E-state index in [1.165, 1.54) is 31.2 Å². The average molecular weight is 175 g/mol. The van der Waals surface area contributed by atoms with Gasteiger partial charge in [-0.2, -0.15) is 0 Å². The molecule has 0 amide bonds. The number of hydrogen-bond acceptors (Lipinski definition) is 1. The summed E-state index contributed by atoms with van der Waals surface area (Å²) in [6.45, 7) is 2.36. The molecule has 1 fully saturated rings. The highest BCUT2D eigenvalue weighted by atomic mass is 14.6. The summed E-state index contributed by atoms with van der Waals surface area (Å²) in [4.78, 5) is 4.18. The van der Waals surface area contributed by atoms with Crippen LogP contribution in [0.1, 0.15) is 44.1 Å². The van der Waals surface area contributed by atoms with Crippen LogP contribution in [0, 0.1) is 5.92 Å². The second-order valence-corrected chi connectivity index (χ2v) is 4.24. The molecule has 1 heterocycles. The molecule has 1 nitrogen and oxygen atoms in total. The summed E-state index contributed by atoms with van der Waals surface area (Å²) in [5.41, 5.74) is 1.44. The lowest BCUT2D eigenvalue weighted by Crippen LogP contribution is -2.10. The zero-order valence-corrected chi connectivity index (χ0v) is 8.24. The van der Waals surface area contributed by atoms with E-state index in [2.05, 4.69) is 18.0 Å². The fraction of sp³-hybridized carbons (Fsp3) is 0.583. The third-order valence-corrected chi connectivity index (χ3v) is 3.17. The normalized spacial score (nSPS) is 28.7. The molecular formula is C12H17N. The minimum atomic E-state index is 0.782. The van der Waals surface area contributed by atoms with Gasteiger partial charge in [0.1, 0.15) is 0 Å². The Morgan fingerprint density at radius 3 is 2.62 bits per heavy atom. The van der Waals surface area contributed by atoms with Gasteiger partial charge in [0.05, 0.1) is 0 Å². The molecule has 0 atom stereocenters. The lowest BCUT2D eigenvalue weighted by molar-refractivity contribution is 0.347. The van der Waals surface area contributed by atoms with Gasteiger partial charge in [-0.3, -0.25) is 4.98 Å². The maximum Gasteiger partial charge on any atom is 0.0302 e. The SMILES string of the molecule is C[C@H]1CC[C@@H](c2cccnc2)CC1. The monoisotopic (exact) mass is 175 g/mol. The summed E-state index contributed by atoms with van der Waals surface area (Å²) in [5, 5.41) is 0. The van der Waals surface area contributed by atoms with Crippen LogP contribution < -0.4 is 0 Å². The van der Waals surface area contributed by atoms with Crippen LogP contribution in [-0.4, -0.2) is 4.98 Å². The molecule has 0 aromatic carbocycles. The minimum Gasteiger partial charge on any atom is -0.264 e. The molecule has 1 aromatic heterocycles. The van der Waals surface area contributed by atoms with E-state index >= 15 is 0 Å². The van der Waals surface area contributed by atoms with Crippen LogP contribution in [0.3, 0.4) is 0 Å². The molecule has 0 spiro atoms. The lowest BCUT2D eigenvalue weighted by Gasteiger charge is -2.26. The quantitative estimate of drug-likeness (QED) is 0.637. The summed E-state index contributed by atoms with van der Waals surface area (Å²) < 4.78 is 0. The van der Waals surface area contributed by atoms with Gasteiger partial charge in [-0.25, -0.2) is 0 Å². The first-order chi connectivity index (χ1) is 6.36. The Morgan fingerprint density at radius 2 is 2.00 bits per heavy atom. The molecule has 2 rings (SSSR count). The van der Waals surface area contributed by atoms with Gasteiger partial charge in [0.25, 0.3) is 0 Å². The average Bonchev–Trinajstić information content (AvgIpc) is 2.20. The van der Waals surface area contributed by atoms with Crippen molar-refractivity contribution < 1.29 is 0 Å². The van der Waals surface area contributed by atoms with Crippen molar-refractivity contribution in [1.29, 1.82) is 0 Å². The summed E-state index contributed by atoms with van der Waals surface area (Å²) in [5.74, 6) is 1.72. The van der Waals surface area contributed by atoms with E-state index in [4.69, 9.17) is 0 Å². The van der Waals surface area contributed by atoms with E-state index in [0.29, 0.717) is 0 Å². The van der Waals surface area contributed by atoms with Gasteiger partial charge < -0.3 is 0 Å². The molecule has 1 aliphatic rings. The first kappa shape index (κ1) is 8.74. The van der Waals surface area contributed by atoms with Crippen LogP contribution in [0.15, 0.2) is 24.5 Å². The van der Waals surface area contributed by atoms with Gasteiger partial charge in [0.15, 0.2) is 0 Å². The molecule has 0 saturated heterocycles.